The van der Waals surface area contributed by atoms with Gasteiger partial charge in [0.05, 0.1) is 5.76 Å². The summed E-state index contributed by atoms with van der Waals surface area (Å²) in [5.74, 6) is 1.85. The topological polar surface area (TPSA) is 9.23 Å². The molecule has 0 amide bonds. The summed E-state index contributed by atoms with van der Waals surface area (Å²) in [5.41, 5.74) is 0. The summed E-state index contributed by atoms with van der Waals surface area (Å²) >= 11 is 0. The number of unbranched alkanes of at least 4 members (excludes halogenated alkanes) is 1. The van der Waals surface area contributed by atoms with Crippen molar-refractivity contribution >= 4 is 8.32 Å². The molecule has 90 valence electrons. The predicted molar refractivity (Wildman–Crippen MR) is 71.5 cm³/mol. The Labute approximate surface area is 97.0 Å². The van der Waals surface area contributed by atoms with E-state index >= 15 is 0 Å². The molecule has 0 N–H and O–H groups in total. The molecular weight excluding hydrogens is 200 g/mol. The van der Waals surface area contributed by atoms with Gasteiger partial charge in [0, 0.05) is 0 Å². The fourth-order valence-corrected chi connectivity index (χ4v) is 2.75. The SMILES string of the molecule is CCCCC(/C=C(/C)O[Si](C)(C)C)CC. The fraction of sp³-hybridized carbons (Fsp3) is 0.846. The van der Waals surface area contributed by atoms with Crippen LogP contribution >= 0.6 is 0 Å². The number of hydrogen-bond acceptors (Lipinski definition) is 1. The standard InChI is InChI=1S/C13H28OSi/c1-7-9-10-13(8-2)11-12(3)14-15(4,5)6/h11,13H,7-10H2,1-6H3/b12-11-. The first-order valence-corrected chi connectivity index (χ1v) is 9.67. The van der Waals surface area contributed by atoms with Crippen molar-refractivity contribution in [2.24, 2.45) is 5.92 Å². The lowest BCUT2D eigenvalue weighted by Crippen LogP contribution is -2.24. The van der Waals surface area contributed by atoms with Crippen molar-refractivity contribution in [3.05, 3.63) is 11.8 Å². The van der Waals surface area contributed by atoms with E-state index in [1.807, 2.05) is 0 Å². The van der Waals surface area contributed by atoms with Crippen LogP contribution in [0, 0.1) is 5.92 Å². The molecule has 0 aliphatic carbocycles. The van der Waals surface area contributed by atoms with E-state index in [0.29, 0.717) is 5.92 Å². The van der Waals surface area contributed by atoms with Crippen LogP contribution in [0.1, 0.15) is 46.5 Å². The minimum absolute atomic E-state index is 0.710. The second-order valence-corrected chi connectivity index (χ2v) is 9.73. The molecule has 0 heterocycles. The lowest BCUT2D eigenvalue weighted by molar-refractivity contribution is 0.409. The Hall–Kier alpha value is -0.243. The molecule has 0 aliphatic heterocycles. The van der Waals surface area contributed by atoms with Gasteiger partial charge in [0.1, 0.15) is 0 Å². The van der Waals surface area contributed by atoms with Crippen molar-refractivity contribution in [3.8, 4) is 0 Å². The van der Waals surface area contributed by atoms with Crippen molar-refractivity contribution in [2.75, 3.05) is 0 Å². The summed E-state index contributed by atoms with van der Waals surface area (Å²) in [7, 11) is -1.40. The zero-order valence-electron chi connectivity index (χ0n) is 11.4. The third kappa shape index (κ3) is 8.73. The lowest BCUT2D eigenvalue weighted by Gasteiger charge is -2.21. The molecule has 1 atom stereocenters. The van der Waals surface area contributed by atoms with E-state index in [1.54, 1.807) is 0 Å². The number of allylic oxidation sites excluding steroid dienone is 2. The number of hydrogen-bond donors (Lipinski definition) is 0. The van der Waals surface area contributed by atoms with Crippen LogP contribution in [-0.4, -0.2) is 8.32 Å². The highest BCUT2D eigenvalue weighted by Gasteiger charge is 2.16. The van der Waals surface area contributed by atoms with Crippen LogP contribution in [0.5, 0.6) is 0 Å². The van der Waals surface area contributed by atoms with Gasteiger partial charge < -0.3 is 4.43 Å². The second kappa shape index (κ2) is 7.10. The monoisotopic (exact) mass is 228 g/mol. The molecule has 0 saturated heterocycles. The summed E-state index contributed by atoms with van der Waals surface area (Å²) in [6.45, 7) is 13.3. The first kappa shape index (κ1) is 14.8. The molecule has 0 bridgehead atoms. The Balaban J connectivity index is 4.16. The molecule has 0 spiro atoms. The van der Waals surface area contributed by atoms with E-state index in [-0.39, 0.29) is 0 Å². The minimum atomic E-state index is -1.40. The third-order valence-corrected chi connectivity index (χ3v) is 3.32. The van der Waals surface area contributed by atoms with Gasteiger partial charge in [-0.1, -0.05) is 26.7 Å². The van der Waals surface area contributed by atoms with Gasteiger partial charge in [-0.3, -0.25) is 0 Å². The van der Waals surface area contributed by atoms with Crippen molar-refractivity contribution in [1.82, 2.24) is 0 Å². The van der Waals surface area contributed by atoms with Crippen LogP contribution in [0.2, 0.25) is 19.6 Å². The molecule has 0 aromatic rings. The zero-order valence-corrected chi connectivity index (χ0v) is 12.4. The average molecular weight is 228 g/mol. The Bertz CT molecular complexity index is 191. The van der Waals surface area contributed by atoms with Gasteiger partial charge in [-0.25, -0.2) is 0 Å². The minimum Gasteiger partial charge on any atom is -0.548 e. The first-order chi connectivity index (χ1) is 6.89. The molecule has 0 aliphatic rings. The maximum Gasteiger partial charge on any atom is 0.241 e. The van der Waals surface area contributed by atoms with Crippen LogP contribution in [0.15, 0.2) is 11.8 Å². The second-order valence-electron chi connectivity index (χ2n) is 5.30. The highest BCUT2D eigenvalue weighted by molar-refractivity contribution is 6.70. The Morgan fingerprint density at radius 2 is 1.87 bits per heavy atom. The van der Waals surface area contributed by atoms with Crippen LogP contribution < -0.4 is 0 Å². The molecule has 0 radical (unpaired) electrons. The van der Waals surface area contributed by atoms with E-state index in [1.165, 1.54) is 25.7 Å². The largest absolute Gasteiger partial charge is 0.548 e. The summed E-state index contributed by atoms with van der Waals surface area (Å²) in [5, 5.41) is 0. The van der Waals surface area contributed by atoms with E-state index < -0.39 is 8.32 Å². The molecule has 2 heteroatoms. The van der Waals surface area contributed by atoms with Crippen LogP contribution in [-0.2, 0) is 4.43 Å². The van der Waals surface area contributed by atoms with Gasteiger partial charge in [-0.15, -0.1) is 0 Å². The predicted octanol–water partition coefficient (Wildman–Crippen LogP) is 4.96. The molecule has 0 rings (SSSR count). The highest BCUT2D eigenvalue weighted by Crippen LogP contribution is 2.18. The quantitative estimate of drug-likeness (QED) is 0.442. The van der Waals surface area contributed by atoms with Crippen molar-refractivity contribution in [1.29, 1.82) is 0 Å². The molecule has 0 aromatic carbocycles. The molecule has 1 unspecified atom stereocenters. The molecule has 0 aromatic heterocycles. The maximum absolute atomic E-state index is 5.95. The maximum atomic E-state index is 5.95. The van der Waals surface area contributed by atoms with E-state index in [4.69, 9.17) is 4.43 Å². The smallest absolute Gasteiger partial charge is 0.241 e. The van der Waals surface area contributed by atoms with Gasteiger partial charge >= 0.3 is 0 Å². The van der Waals surface area contributed by atoms with Crippen LogP contribution in [0.3, 0.4) is 0 Å². The van der Waals surface area contributed by atoms with Crippen molar-refractivity contribution in [3.63, 3.8) is 0 Å². The zero-order chi connectivity index (χ0) is 11.9. The summed E-state index contributed by atoms with van der Waals surface area (Å²) in [6, 6.07) is 0. The first-order valence-electron chi connectivity index (χ1n) is 6.26. The summed E-state index contributed by atoms with van der Waals surface area (Å²) < 4.78 is 5.95. The van der Waals surface area contributed by atoms with E-state index in [2.05, 4.69) is 46.5 Å². The molecule has 15 heavy (non-hydrogen) atoms. The van der Waals surface area contributed by atoms with Crippen LogP contribution in [0.25, 0.3) is 0 Å². The average Bonchev–Trinajstić information content (AvgIpc) is 2.09. The van der Waals surface area contributed by atoms with E-state index in [9.17, 15) is 0 Å². The Kier molecular flexibility index (Phi) is 6.99. The van der Waals surface area contributed by atoms with Gasteiger partial charge in [0.15, 0.2) is 0 Å². The molecular formula is C13H28OSi. The van der Waals surface area contributed by atoms with Crippen molar-refractivity contribution < 1.29 is 4.43 Å². The van der Waals surface area contributed by atoms with Crippen LogP contribution in [0.4, 0.5) is 0 Å². The van der Waals surface area contributed by atoms with Crippen molar-refractivity contribution in [2.45, 2.75) is 66.1 Å². The van der Waals surface area contributed by atoms with Gasteiger partial charge in [-0.05, 0) is 51.4 Å². The Morgan fingerprint density at radius 3 is 2.27 bits per heavy atom. The lowest BCUT2D eigenvalue weighted by atomic mass is 9.99. The third-order valence-electron chi connectivity index (χ3n) is 2.39. The van der Waals surface area contributed by atoms with Gasteiger partial charge in [-0.2, -0.15) is 0 Å². The molecule has 0 saturated carbocycles. The molecule has 0 fully saturated rings. The fourth-order valence-electron chi connectivity index (χ4n) is 1.72. The summed E-state index contributed by atoms with van der Waals surface area (Å²) in [4.78, 5) is 0. The Morgan fingerprint density at radius 1 is 1.27 bits per heavy atom. The summed E-state index contributed by atoms with van der Waals surface area (Å²) in [6.07, 6.45) is 7.48. The number of rotatable bonds is 7. The molecule has 1 nitrogen and oxygen atoms in total. The van der Waals surface area contributed by atoms with E-state index in [0.717, 1.165) is 5.76 Å². The van der Waals surface area contributed by atoms with Gasteiger partial charge in [0.25, 0.3) is 0 Å². The van der Waals surface area contributed by atoms with Gasteiger partial charge in [0.2, 0.25) is 8.32 Å². The highest BCUT2D eigenvalue weighted by atomic mass is 28.4. The normalized spacial score (nSPS) is 15.2.